The molecular weight excluding hydrogens is 417 g/mol. The number of aromatic nitrogens is 3. The Bertz CT molecular complexity index is 1010. The lowest BCUT2D eigenvalue weighted by molar-refractivity contribution is -0.142. The van der Waals surface area contributed by atoms with E-state index in [-0.39, 0.29) is 23.2 Å². The number of carbonyl (C=O) groups excluding carboxylic acids is 1. The Morgan fingerprint density at radius 1 is 0.906 bits per heavy atom. The zero-order valence-corrected chi connectivity index (χ0v) is 18.2. The van der Waals surface area contributed by atoms with Gasteiger partial charge in [0.2, 0.25) is 0 Å². The van der Waals surface area contributed by atoms with Crippen molar-refractivity contribution in [2.45, 2.75) is 69.9 Å². The summed E-state index contributed by atoms with van der Waals surface area (Å²) in [5.74, 6) is 2.15. The average Bonchev–Trinajstić information content (AvgIpc) is 2.97. The van der Waals surface area contributed by atoms with Gasteiger partial charge in [0.25, 0.3) is 5.91 Å². The highest BCUT2D eigenvalue weighted by atomic mass is 19.4. The predicted octanol–water partition coefficient (Wildman–Crippen LogP) is 5.30. The van der Waals surface area contributed by atoms with Crippen molar-refractivity contribution in [3.05, 3.63) is 29.2 Å². The van der Waals surface area contributed by atoms with E-state index < -0.39 is 11.9 Å². The number of amides is 1. The standard InChI is InChI=1S/C24H29F3N4O/c25-24(26,27)20-12-18(22-16-8-14-7-15(10-16)11-17(22)9-14)28-21-13-19(29-31(20)21)23(32)30-5-3-1-2-4-6-30/h12-17,22H,1-11H2. The summed E-state index contributed by atoms with van der Waals surface area (Å²) in [5.41, 5.74) is -0.0672. The van der Waals surface area contributed by atoms with E-state index in [1.165, 1.54) is 18.6 Å². The number of rotatable bonds is 2. The van der Waals surface area contributed by atoms with Gasteiger partial charge in [-0.1, -0.05) is 12.8 Å². The molecule has 5 aliphatic rings. The van der Waals surface area contributed by atoms with Gasteiger partial charge in [-0.05, 0) is 74.7 Å². The molecule has 1 amide bonds. The van der Waals surface area contributed by atoms with E-state index in [4.69, 9.17) is 4.98 Å². The van der Waals surface area contributed by atoms with Crippen molar-refractivity contribution in [2.24, 2.45) is 23.7 Å². The lowest BCUT2D eigenvalue weighted by Crippen LogP contribution is -2.44. The monoisotopic (exact) mass is 446 g/mol. The van der Waals surface area contributed by atoms with Gasteiger partial charge in [-0.25, -0.2) is 9.50 Å². The largest absolute Gasteiger partial charge is 0.433 e. The van der Waals surface area contributed by atoms with E-state index in [1.54, 1.807) is 4.90 Å². The Balaban J connectivity index is 1.40. The summed E-state index contributed by atoms with van der Waals surface area (Å²) in [6, 6.07) is 2.68. The van der Waals surface area contributed by atoms with Crippen LogP contribution in [0.2, 0.25) is 0 Å². The Labute approximate surface area is 185 Å². The molecule has 2 aromatic heterocycles. The van der Waals surface area contributed by atoms with Crippen LogP contribution in [0, 0.1) is 23.7 Å². The zero-order chi connectivity index (χ0) is 22.0. The predicted molar refractivity (Wildman–Crippen MR) is 112 cm³/mol. The highest BCUT2D eigenvalue weighted by Crippen LogP contribution is 2.59. The van der Waals surface area contributed by atoms with Gasteiger partial charge in [-0.15, -0.1) is 0 Å². The molecule has 4 bridgehead atoms. The second kappa shape index (κ2) is 7.45. The fourth-order valence-electron chi connectivity index (χ4n) is 7.32. The molecule has 1 aliphatic heterocycles. The summed E-state index contributed by atoms with van der Waals surface area (Å²) in [4.78, 5) is 19.4. The van der Waals surface area contributed by atoms with Crippen LogP contribution in [0.3, 0.4) is 0 Å². The molecule has 4 saturated carbocycles. The van der Waals surface area contributed by atoms with Gasteiger partial charge in [-0.2, -0.15) is 18.3 Å². The lowest BCUT2D eigenvalue weighted by Gasteiger charge is -2.54. The Kier molecular flexibility index (Phi) is 4.77. The summed E-state index contributed by atoms with van der Waals surface area (Å²) >= 11 is 0. The first kappa shape index (κ1) is 20.5. The highest BCUT2D eigenvalue weighted by Gasteiger charge is 2.49. The summed E-state index contributed by atoms with van der Waals surface area (Å²) in [5, 5.41) is 4.11. The van der Waals surface area contributed by atoms with Crippen molar-refractivity contribution in [3.63, 3.8) is 0 Å². The van der Waals surface area contributed by atoms with Crippen LogP contribution in [0.15, 0.2) is 12.1 Å². The molecule has 172 valence electrons. The normalized spacial score (nSPS) is 32.5. The van der Waals surface area contributed by atoms with Crippen LogP contribution in [0.25, 0.3) is 5.65 Å². The Hall–Kier alpha value is -2.12. The van der Waals surface area contributed by atoms with Crippen molar-refractivity contribution in [2.75, 3.05) is 13.1 Å². The molecule has 0 radical (unpaired) electrons. The van der Waals surface area contributed by atoms with Crippen LogP contribution in [0.4, 0.5) is 13.2 Å². The number of likely N-dealkylation sites (tertiary alicyclic amines) is 1. The molecule has 3 heterocycles. The molecule has 0 N–H and O–H groups in total. The molecule has 8 heteroatoms. The molecule has 0 unspecified atom stereocenters. The fraction of sp³-hybridized carbons (Fsp3) is 0.708. The second-order valence-electron chi connectivity index (χ2n) is 10.5. The Morgan fingerprint density at radius 3 is 2.12 bits per heavy atom. The maximum absolute atomic E-state index is 14.1. The number of hydrogen-bond acceptors (Lipinski definition) is 3. The second-order valence-corrected chi connectivity index (χ2v) is 10.5. The van der Waals surface area contributed by atoms with Crippen LogP contribution in [0.1, 0.15) is 85.6 Å². The topological polar surface area (TPSA) is 50.5 Å². The van der Waals surface area contributed by atoms with Crippen molar-refractivity contribution in [1.82, 2.24) is 19.5 Å². The van der Waals surface area contributed by atoms with Crippen LogP contribution >= 0.6 is 0 Å². The van der Waals surface area contributed by atoms with Crippen LogP contribution in [0.5, 0.6) is 0 Å². The molecule has 5 nitrogen and oxygen atoms in total. The minimum atomic E-state index is -4.56. The van der Waals surface area contributed by atoms with Gasteiger partial charge < -0.3 is 4.90 Å². The fourth-order valence-corrected chi connectivity index (χ4v) is 7.32. The number of hydrogen-bond donors (Lipinski definition) is 0. The summed E-state index contributed by atoms with van der Waals surface area (Å²) in [6.45, 7) is 1.26. The first-order valence-corrected chi connectivity index (χ1v) is 12.1. The first-order chi connectivity index (χ1) is 15.4. The van der Waals surface area contributed by atoms with E-state index >= 15 is 0 Å². The lowest BCUT2D eigenvalue weighted by atomic mass is 9.51. The van der Waals surface area contributed by atoms with E-state index in [9.17, 15) is 18.0 Å². The molecule has 0 aromatic carbocycles. The molecule has 1 saturated heterocycles. The molecule has 7 rings (SSSR count). The van der Waals surface area contributed by atoms with E-state index in [0.29, 0.717) is 30.6 Å². The third-order valence-corrected chi connectivity index (χ3v) is 8.42. The van der Waals surface area contributed by atoms with Crippen molar-refractivity contribution < 1.29 is 18.0 Å². The van der Waals surface area contributed by atoms with Crippen LogP contribution < -0.4 is 0 Å². The van der Waals surface area contributed by atoms with Crippen molar-refractivity contribution >= 4 is 11.6 Å². The average molecular weight is 447 g/mol. The number of alkyl halides is 3. The van der Waals surface area contributed by atoms with Crippen molar-refractivity contribution in [3.8, 4) is 0 Å². The number of fused-ring (bicyclic) bond motifs is 1. The van der Waals surface area contributed by atoms with Gasteiger partial charge in [0.15, 0.2) is 11.3 Å². The summed E-state index contributed by atoms with van der Waals surface area (Å²) < 4.78 is 43.0. The smallest absolute Gasteiger partial charge is 0.337 e. The third-order valence-electron chi connectivity index (χ3n) is 8.42. The molecule has 32 heavy (non-hydrogen) atoms. The number of carbonyl (C=O) groups is 1. The number of nitrogens with zero attached hydrogens (tertiary/aromatic N) is 4. The minimum absolute atomic E-state index is 0.0622. The van der Waals surface area contributed by atoms with Crippen molar-refractivity contribution in [1.29, 1.82) is 0 Å². The van der Waals surface area contributed by atoms with Gasteiger partial charge in [0.05, 0.1) is 0 Å². The van der Waals surface area contributed by atoms with Gasteiger partial charge in [0, 0.05) is 30.8 Å². The third kappa shape index (κ3) is 3.41. The van der Waals surface area contributed by atoms with E-state index in [1.807, 2.05) is 0 Å². The quantitative estimate of drug-likeness (QED) is 0.629. The van der Waals surface area contributed by atoms with Gasteiger partial charge >= 0.3 is 6.18 Å². The van der Waals surface area contributed by atoms with Crippen LogP contribution in [-0.4, -0.2) is 38.5 Å². The van der Waals surface area contributed by atoms with Gasteiger partial charge in [-0.3, -0.25) is 4.79 Å². The first-order valence-electron chi connectivity index (χ1n) is 12.1. The van der Waals surface area contributed by atoms with E-state index in [2.05, 4.69) is 5.10 Å². The summed E-state index contributed by atoms with van der Waals surface area (Å²) in [7, 11) is 0. The Morgan fingerprint density at radius 2 is 1.53 bits per heavy atom. The SMILES string of the molecule is O=C(c1cc2nc(C3C4CC5CC(C4)CC3C5)cc(C(F)(F)F)n2n1)N1CCCCCC1. The molecule has 0 spiro atoms. The number of halogens is 3. The molecular formula is C24H29F3N4O. The van der Waals surface area contributed by atoms with Crippen LogP contribution in [-0.2, 0) is 6.18 Å². The maximum Gasteiger partial charge on any atom is 0.433 e. The minimum Gasteiger partial charge on any atom is -0.337 e. The zero-order valence-electron chi connectivity index (χ0n) is 18.2. The van der Waals surface area contributed by atoms with Gasteiger partial charge in [0.1, 0.15) is 5.69 Å². The molecule has 2 aromatic rings. The highest BCUT2D eigenvalue weighted by molar-refractivity contribution is 5.93. The molecule has 4 aliphatic carbocycles. The maximum atomic E-state index is 14.1. The van der Waals surface area contributed by atoms with E-state index in [0.717, 1.165) is 67.7 Å². The molecule has 0 atom stereocenters. The summed E-state index contributed by atoms with van der Waals surface area (Å²) in [6.07, 6.45) is 5.18. The molecule has 5 fully saturated rings.